The van der Waals surface area contributed by atoms with Crippen LogP contribution in [0.1, 0.15) is 28.5 Å². The van der Waals surface area contributed by atoms with Crippen molar-refractivity contribution in [1.82, 2.24) is 9.78 Å². The second-order valence-corrected chi connectivity index (χ2v) is 7.24. The number of rotatable bonds is 4. The molecule has 0 aliphatic rings. The van der Waals surface area contributed by atoms with Crippen LogP contribution in [-0.2, 0) is 4.74 Å². The van der Waals surface area contributed by atoms with E-state index in [1.54, 1.807) is 11.6 Å². The molecule has 1 heterocycles. The van der Waals surface area contributed by atoms with Crippen LogP contribution in [0.15, 0.2) is 46.9 Å². The molecule has 0 saturated heterocycles. The van der Waals surface area contributed by atoms with Gasteiger partial charge in [0.05, 0.1) is 18.0 Å². The number of benzene rings is 2. The van der Waals surface area contributed by atoms with Gasteiger partial charge in [-0.05, 0) is 56.7 Å². The predicted molar refractivity (Wildman–Crippen MR) is 107 cm³/mol. The molecule has 0 atom stereocenters. The summed E-state index contributed by atoms with van der Waals surface area (Å²) in [7, 11) is 0. The zero-order valence-corrected chi connectivity index (χ0v) is 17.1. The van der Waals surface area contributed by atoms with Crippen molar-refractivity contribution < 1.29 is 9.53 Å². The first kappa shape index (κ1) is 18.7. The minimum absolute atomic E-state index is 0.304. The summed E-state index contributed by atoms with van der Waals surface area (Å²) in [6.07, 6.45) is 0. The Morgan fingerprint density at radius 2 is 1.88 bits per heavy atom. The molecule has 0 N–H and O–H groups in total. The van der Waals surface area contributed by atoms with Crippen LogP contribution in [0.5, 0.6) is 0 Å². The number of hydrogen-bond acceptors (Lipinski definition) is 3. The van der Waals surface area contributed by atoms with E-state index in [2.05, 4.69) is 21.0 Å². The number of nitrogens with zero attached hydrogens (tertiary/aromatic N) is 2. The highest BCUT2D eigenvalue weighted by Gasteiger charge is 2.23. The van der Waals surface area contributed by atoms with Crippen LogP contribution < -0.4 is 0 Å². The minimum atomic E-state index is -0.422. The van der Waals surface area contributed by atoms with Crippen molar-refractivity contribution in [1.29, 1.82) is 0 Å². The summed E-state index contributed by atoms with van der Waals surface area (Å²) < 4.78 is 7.96. The number of hydrogen-bond donors (Lipinski definition) is 0. The van der Waals surface area contributed by atoms with Gasteiger partial charge in [0.25, 0.3) is 0 Å². The molecule has 3 aromatic rings. The first-order valence-electron chi connectivity index (χ1n) is 8.21. The molecule has 0 unspecified atom stereocenters. The SMILES string of the molecule is CCOC(=O)c1nn(-c2ccc(Br)cc2C)c(-c2ccc(Cl)cc2)c1C. The average molecular weight is 434 g/mol. The monoisotopic (exact) mass is 432 g/mol. The third-order valence-electron chi connectivity index (χ3n) is 4.10. The second kappa shape index (κ2) is 7.64. The van der Waals surface area contributed by atoms with Crippen LogP contribution in [0.4, 0.5) is 0 Å². The Kier molecular flexibility index (Phi) is 5.49. The molecule has 0 aliphatic carbocycles. The van der Waals surface area contributed by atoms with Gasteiger partial charge in [0.1, 0.15) is 0 Å². The molecular weight excluding hydrogens is 416 g/mol. The maximum absolute atomic E-state index is 12.4. The van der Waals surface area contributed by atoms with Gasteiger partial charge in [-0.1, -0.05) is 39.7 Å². The van der Waals surface area contributed by atoms with Gasteiger partial charge in [-0.2, -0.15) is 5.10 Å². The summed E-state index contributed by atoms with van der Waals surface area (Å²) in [6.45, 7) is 5.97. The summed E-state index contributed by atoms with van der Waals surface area (Å²) in [4.78, 5) is 12.4. The van der Waals surface area contributed by atoms with Gasteiger partial charge in [0.2, 0.25) is 0 Å². The Hall–Kier alpha value is -2.11. The number of esters is 1. The van der Waals surface area contributed by atoms with Crippen molar-refractivity contribution in [2.75, 3.05) is 6.61 Å². The van der Waals surface area contributed by atoms with Crippen LogP contribution in [0.3, 0.4) is 0 Å². The molecule has 134 valence electrons. The van der Waals surface area contributed by atoms with Crippen LogP contribution in [0.2, 0.25) is 5.02 Å². The molecule has 0 fully saturated rings. The van der Waals surface area contributed by atoms with Crippen molar-refractivity contribution in [3.8, 4) is 16.9 Å². The maximum Gasteiger partial charge on any atom is 0.359 e. The number of halogens is 2. The van der Waals surface area contributed by atoms with Crippen LogP contribution in [0, 0.1) is 13.8 Å². The summed E-state index contributed by atoms with van der Waals surface area (Å²) in [5, 5.41) is 5.24. The lowest BCUT2D eigenvalue weighted by Crippen LogP contribution is -2.08. The van der Waals surface area contributed by atoms with E-state index >= 15 is 0 Å². The third kappa shape index (κ3) is 3.55. The Morgan fingerprint density at radius 3 is 2.50 bits per heavy atom. The van der Waals surface area contributed by atoms with Crippen molar-refractivity contribution in [2.24, 2.45) is 0 Å². The van der Waals surface area contributed by atoms with Gasteiger partial charge in [-0.25, -0.2) is 9.48 Å². The second-order valence-electron chi connectivity index (χ2n) is 5.89. The molecule has 1 aromatic heterocycles. The zero-order valence-electron chi connectivity index (χ0n) is 14.7. The molecule has 0 amide bonds. The lowest BCUT2D eigenvalue weighted by Gasteiger charge is -2.12. The number of aryl methyl sites for hydroxylation is 1. The highest BCUT2D eigenvalue weighted by Crippen LogP contribution is 2.31. The van der Waals surface area contributed by atoms with Gasteiger partial charge in [-0.15, -0.1) is 0 Å². The Morgan fingerprint density at radius 1 is 1.19 bits per heavy atom. The normalized spacial score (nSPS) is 10.8. The fourth-order valence-corrected chi connectivity index (χ4v) is 3.47. The maximum atomic E-state index is 12.4. The summed E-state index contributed by atoms with van der Waals surface area (Å²) in [6, 6.07) is 13.4. The van der Waals surface area contributed by atoms with Crippen molar-refractivity contribution in [3.05, 3.63) is 68.8 Å². The molecule has 3 rings (SSSR count). The summed E-state index contributed by atoms with van der Waals surface area (Å²) >= 11 is 9.52. The first-order valence-corrected chi connectivity index (χ1v) is 9.38. The largest absolute Gasteiger partial charge is 0.461 e. The molecule has 0 bridgehead atoms. The molecule has 2 aromatic carbocycles. The van der Waals surface area contributed by atoms with Crippen LogP contribution in [0.25, 0.3) is 16.9 Å². The standard InChI is InChI=1S/C20H18BrClN2O2/c1-4-26-20(25)18-13(3)19(14-5-8-16(22)9-6-14)24(23-18)17-10-7-15(21)11-12(17)2/h5-11H,4H2,1-3H3. The number of ether oxygens (including phenoxy) is 1. The first-order chi connectivity index (χ1) is 12.4. The fraction of sp³-hybridized carbons (Fsp3) is 0.200. The topological polar surface area (TPSA) is 44.1 Å². The van der Waals surface area contributed by atoms with E-state index in [-0.39, 0.29) is 0 Å². The van der Waals surface area contributed by atoms with Gasteiger partial charge >= 0.3 is 5.97 Å². The van der Waals surface area contributed by atoms with Crippen molar-refractivity contribution in [2.45, 2.75) is 20.8 Å². The minimum Gasteiger partial charge on any atom is -0.461 e. The molecular formula is C20H18BrClN2O2. The van der Waals surface area contributed by atoms with Gasteiger partial charge in [0.15, 0.2) is 5.69 Å². The fourth-order valence-electron chi connectivity index (χ4n) is 2.87. The quantitative estimate of drug-likeness (QED) is 0.492. The smallest absolute Gasteiger partial charge is 0.359 e. The van der Waals surface area contributed by atoms with Crippen molar-refractivity contribution >= 4 is 33.5 Å². The van der Waals surface area contributed by atoms with E-state index in [1.165, 1.54) is 0 Å². The number of aromatic nitrogens is 2. The van der Waals surface area contributed by atoms with Crippen molar-refractivity contribution in [3.63, 3.8) is 0 Å². The van der Waals surface area contributed by atoms with Gasteiger partial charge in [0, 0.05) is 20.6 Å². The highest BCUT2D eigenvalue weighted by atomic mass is 79.9. The highest BCUT2D eigenvalue weighted by molar-refractivity contribution is 9.10. The zero-order chi connectivity index (χ0) is 18.8. The van der Waals surface area contributed by atoms with Crippen LogP contribution >= 0.6 is 27.5 Å². The molecule has 0 radical (unpaired) electrons. The van der Waals surface area contributed by atoms with E-state index in [0.29, 0.717) is 17.3 Å². The van der Waals surface area contributed by atoms with E-state index in [0.717, 1.165) is 32.5 Å². The molecule has 0 spiro atoms. The molecule has 4 nitrogen and oxygen atoms in total. The summed E-state index contributed by atoms with van der Waals surface area (Å²) in [5.74, 6) is -0.422. The van der Waals surface area contributed by atoms with Gasteiger partial charge < -0.3 is 4.74 Å². The summed E-state index contributed by atoms with van der Waals surface area (Å²) in [5.41, 5.74) is 4.80. The third-order valence-corrected chi connectivity index (χ3v) is 4.84. The Labute approximate surface area is 165 Å². The van der Waals surface area contributed by atoms with Crippen LogP contribution in [-0.4, -0.2) is 22.4 Å². The van der Waals surface area contributed by atoms with E-state index < -0.39 is 5.97 Å². The molecule has 0 aliphatic heterocycles. The molecule has 0 saturated carbocycles. The number of carbonyl (C=O) groups excluding carboxylic acids is 1. The molecule has 26 heavy (non-hydrogen) atoms. The van der Waals surface area contributed by atoms with E-state index in [9.17, 15) is 4.79 Å². The Balaban J connectivity index is 2.26. The van der Waals surface area contributed by atoms with E-state index in [1.807, 2.05) is 56.3 Å². The predicted octanol–water partition coefficient (Wildman–Crippen LogP) is 5.75. The van der Waals surface area contributed by atoms with Gasteiger partial charge in [-0.3, -0.25) is 0 Å². The molecule has 6 heteroatoms. The van der Waals surface area contributed by atoms with E-state index in [4.69, 9.17) is 16.3 Å². The number of carbonyl (C=O) groups is 1. The lowest BCUT2D eigenvalue weighted by molar-refractivity contribution is 0.0518. The average Bonchev–Trinajstić information content (AvgIpc) is 2.93. The lowest BCUT2D eigenvalue weighted by atomic mass is 10.1. The Bertz CT molecular complexity index is 965.